The number of halogens is 2. The Balaban J connectivity index is 1.88. The lowest BCUT2D eigenvalue weighted by Crippen LogP contribution is -2.32. The van der Waals surface area contributed by atoms with Gasteiger partial charge in [-0.25, -0.2) is 0 Å². The molecule has 120 valence electrons. The summed E-state index contributed by atoms with van der Waals surface area (Å²) in [4.78, 5) is 23.8. The predicted molar refractivity (Wildman–Crippen MR) is 93.1 cm³/mol. The molecule has 0 aromatic heterocycles. The molecule has 0 saturated carbocycles. The Morgan fingerprint density at radius 3 is 2.48 bits per heavy atom. The Morgan fingerprint density at radius 2 is 1.87 bits per heavy atom. The van der Waals surface area contributed by atoms with Gasteiger partial charge in [0.1, 0.15) is 5.75 Å². The Hall–Kier alpha value is -2.05. The first-order valence-corrected chi connectivity index (χ1v) is 7.84. The van der Waals surface area contributed by atoms with E-state index in [0.29, 0.717) is 22.0 Å². The van der Waals surface area contributed by atoms with Gasteiger partial charge in [0.05, 0.1) is 18.7 Å². The van der Waals surface area contributed by atoms with Crippen molar-refractivity contribution in [2.24, 2.45) is 0 Å². The van der Waals surface area contributed by atoms with Crippen LogP contribution >= 0.6 is 27.5 Å². The highest BCUT2D eigenvalue weighted by Crippen LogP contribution is 2.27. The number of carbonyl (C=O) groups excluding carboxylic acids is 2. The van der Waals surface area contributed by atoms with Crippen molar-refractivity contribution in [3.05, 3.63) is 57.5 Å². The van der Waals surface area contributed by atoms with Gasteiger partial charge in [-0.05, 0) is 42.5 Å². The van der Waals surface area contributed by atoms with E-state index >= 15 is 0 Å². The van der Waals surface area contributed by atoms with Gasteiger partial charge in [-0.2, -0.15) is 0 Å². The van der Waals surface area contributed by atoms with Crippen LogP contribution in [0.3, 0.4) is 0 Å². The second-order valence-electron chi connectivity index (χ2n) is 4.59. The largest absolute Gasteiger partial charge is 0.495 e. The molecule has 0 aliphatic heterocycles. The molecule has 2 aromatic rings. The summed E-state index contributed by atoms with van der Waals surface area (Å²) < 4.78 is 5.91. The number of hydrogen-bond donors (Lipinski definition) is 2. The second-order valence-corrected chi connectivity index (χ2v) is 5.91. The number of ether oxygens (including phenoxy) is 1. The monoisotopic (exact) mass is 396 g/mol. The van der Waals surface area contributed by atoms with Crippen LogP contribution in [-0.4, -0.2) is 25.5 Å². The van der Waals surface area contributed by atoms with E-state index in [0.717, 1.165) is 4.47 Å². The number of rotatable bonds is 5. The maximum Gasteiger partial charge on any atom is 0.251 e. The summed E-state index contributed by atoms with van der Waals surface area (Å²) in [5.74, 6) is -0.148. The molecule has 0 heterocycles. The van der Waals surface area contributed by atoms with Crippen LogP contribution in [0.5, 0.6) is 5.75 Å². The predicted octanol–water partition coefficient (Wildman–Crippen LogP) is 3.48. The van der Waals surface area contributed by atoms with Crippen LogP contribution in [0, 0.1) is 0 Å². The lowest BCUT2D eigenvalue weighted by atomic mass is 10.2. The van der Waals surface area contributed by atoms with E-state index < -0.39 is 0 Å². The van der Waals surface area contributed by atoms with Crippen molar-refractivity contribution in [3.8, 4) is 5.75 Å². The lowest BCUT2D eigenvalue weighted by Gasteiger charge is -2.09. The van der Waals surface area contributed by atoms with E-state index in [4.69, 9.17) is 16.3 Å². The van der Waals surface area contributed by atoms with Gasteiger partial charge in [-0.1, -0.05) is 27.5 Å². The summed E-state index contributed by atoms with van der Waals surface area (Å²) in [6, 6.07) is 11.7. The number of nitrogens with one attached hydrogen (secondary N) is 2. The van der Waals surface area contributed by atoms with E-state index in [1.165, 1.54) is 7.11 Å². The molecule has 0 radical (unpaired) electrons. The molecule has 0 aliphatic carbocycles. The average molecular weight is 398 g/mol. The highest BCUT2D eigenvalue weighted by atomic mass is 79.9. The minimum atomic E-state index is -0.350. The number of amides is 2. The standard InChI is InChI=1S/C16H14BrClN2O3/c1-23-14-7-6-12(8-13(14)18)20-15(21)9-19-16(22)10-2-4-11(17)5-3-10/h2-8H,9H2,1H3,(H,19,22)(H,20,21). The molecule has 7 heteroatoms. The summed E-state index contributed by atoms with van der Waals surface area (Å²) in [7, 11) is 1.51. The Kier molecular flexibility index (Phi) is 6.01. The van der Waals surface area contributed by atoms with Gasteiger partial charge >= 0.3 is 0 Å². The van der Waals surface area contributed by atoms with Crippen molar-refractivity contribution < 1.29 is 14.3 Å². The van der Waals surface area contributed by atoms with Crippen LogP contribution in [-0.2, 0) is 4.79 Å². The summed E-state index contributed by atoms with van der Waals surface area (Å²) >= 11 is 9.28. The number of anilines is 1. The van der Waals surface area contributed by atoms with E-state index in [-0.39, 0.29) is 18.4 Å². The van der Waals surface area contributed by atoms with Gasteiger partial charge in [0, 0.05) is 15.7 Å². The van der Waals surface area contributed by atoms with Crippen LogP contribution in [0.4, 0.5) is 5.69 Å². The fourth-order valence-corrected chi connectivity index (χ4v) is 2.34. The molecular weight excluding hydrogens is 384 g/mol. The van der Waals surface area contributed by atoms with Crippen molar-refractivity contribution in [3.63, 3.8) is 0 Å². The van der Waals surface area contributed by atoms with Crippen molar-refractivity contribution in [2.45, 2.75) is 0 Å². The number of carbonyl (C=O) groups is 2. The average Bonchev–Trinajstić information content (AvgIpc) is 2.53. The van der Waals surface area contributed by atoms with Gasteiger partial charge < -0.3 is 15.4 Å². The van der Waals surface area contributed by atoms with Gasteiger partial charge in [-0.15, -0.1) is 0 Å². The number of benzene rings is 2. The SMILES string of the molecule is COc1ccc(NC(=O)CNC(=O)c2ccc(Br)cc2)cc1Cl. The molecule has 0 atom stereocenters. The third-order valence-electron chi connectivity index (χ3n) is 2.95. The Labute approximate surface area is 147 Å². The first-order chi connectivity index (χ1) is 11.0. The number of methoxy groups -OCH3 is 1. The molecule has 0 fully saturated rings. The van der Waals surface area contributed by atoms with E-state index in [2.05, 4.69) is 26.6 Å². The van der Waals surface area contributed by atoms with Gasteiger partial charge in [0.25, 0.3) is 5.91 Å². The van der Waals surface area contributed by atoms with Crippen LogP contribution < -0.4 is 15.4 Å². The fourth-order valence-electron chi connectivity index (χ4n) is 1.81. The topological polar surface area (TPSA) is 67.4 Å². The van der Waals surface area contributed by atoms with Crippen LogP contribution in [0.15, 0.2) is 46.9 Å². The summed E-state index contributed by atoms with van der Waals surface area (Å²) in [5.41, 5.74) is 1.01. The third kappa shape index (κ3) is 4.97. The maximum atomic E-state index is 11.9. The first kappa shape index (κ1) is 17.3. The van der Waals surface area contributed by atoms with Crippen molar-refractivity contribution >= 4 is 45.0 Å². The molecule has 2 aromatic carbocycles. The highest BCUT2D eigenvalue weighted by Gasteiger charge is 2.09. The molecule has 0 unspecified atom stereocenters. The lowest BCUT2D eigenvalue weighted by molar-refractivity contribution is -0.115. The summed E-state index contributed by atoms with van der Waals surface area (Å²) in [5, 5.41) is 5.59. The highest BCUT2D eigenvalue weighted by molar-refractivity contribution is 9.10. The molecule has 0 bridgehead atoms. The summed E-state index contributed by atoms with van der Waals surface area (Å²) in [6.07, 6.45) is 0. The third-order valence-corrected chi connectivity index (χ3v) is 3.78. The van der Waals surface area contributed by atoms with Crippen molar-refractivity contribution in [1.29, 1.82) is 0 Å². The molecule has 2 amide bonds. The molecule has 0 saturated heterocycles. The number of hydrogen-bond acceptors (Lipinski definition) is 3. The maximum absolute atomic E-state index is 11.9. The fraction of sp³-hybridized carbons (Fsp3) is 0.125. The van der Waals surface area contributed by atoms with Crippen LogP contribution in [0.1, 0.15) is 10.4 Å². The normalized spacial score (nSPS) is 10.0. The minimum absolute atomic E-state index is 0.140. The van der Waals surface area contributed by atoms with Gasteiger partial charge in [0.2, 0.25) is 5.91 Å². The van der Waals surface area contributed by atoms with E-state index in [1.807, 2.05) is 0 Å². The van der Waals surface area contributed by atoms with Gasteiger partial charge in [-0.3, -0.25) is 9.59 Å². The van der Waals surface area contributed by atoms with Crippen molar-refractivity contribution in [2.75, 3.05) is 19.0 Å². The summed E-state index contributed by atoms with van der Waals surface area (Å²) in [6.45, 7) is -0.140. The molecule has 23 heavy (non-hydrogen) atoms. The van der Waals surface area contributed by atoms with Crippen LogP contribution in [0.25, 0.3) is 0 Å². The van der Waals surface area contributed by atoms with Crippen molar-refractivity contribution in [1.82, 2.24) is 5.32 Å². The van der Waals surface area contributed by atoms with Crippen LogP contribution in [0.2, 0.25) is 5.02 Å². The molecular formula is C16H14BrClN2O3. The van der Waals surface area contributed by atoms with E-state index in [9.17, 15) is 9.59 Å². The molecule has 0 aliphatic rings. The zero-order valence-electron chi connectivity index (χ0n) is 12.2. The zero-order chi connectivity index (χ0) is 16.8. The Bertz CT molecular complexity index is 720. The Morgan fingerprint density at radius 1 is 1.17 bits per heavy atom. The molecule has 2 rings (SSSR count). The van der Waals surface area contributed by atoms with Gasteiger partial charge in [0.15, 0.2) is 0 Å². The smallest absolute Gasteiger partial charge is 0.251 e. The first-order valence-electron chi connectivity index (χ1n) is 6.67. The second kappa shape index (κ2) is 7.99. The minimum Gasteiger partial charge on any atom is -0.495 e. The molecule has 2 N–H and O–H groups in total. The zero-order valence-corrected chi connectivity index (χ0v) is 14.6. The quantitative estimate of drug-likeness (QED) is 0.812. The molecule has 0 spiro atoms. The molecule has 5 nitrogen and oxygen atoms in total. The van der Waals surface area contributed by atoms with E-state index in [1.54, 1.807) is 42.5 Å².